The second-order valence-electron chi connectivity index (χ2n) is 6.33. The third kappa shape index (κ3) is 4.32. The van der Waals surface area contributed by atoms with Crippen LogP contribution in [0.2, 0.25) is 0 Å². The number of carbonyl (C=O) groups is 2. The van der Waals surface area contributed by atoms with Gasteiger partial charge in [-0.3, -0.25) is 9.59 Å². The largest absolute Gasteiger partial charge is 0.481 e. The maximum atomic E-state index is 12.2. The van der Waals surface area contributed by atoms with Crippen molar-refractivity contribution in [2.24, 2.45) is 5.41 Å². The van der Waals surface area contributed by atoms with Crippen LogP contribution in [0.25, 0.3) is 0 Å². The summed E-state index contributed by atoms with van der Waals surface area (Å²) in [5.74, 6) is -1.26. The topological polar surface area (TPSA) is 90.2 Å². The minimum absolute atomic E-state index is 0.0548. The van der Waals surface area contributed by atoms with Crippen molar-refractivity contribution in [3.63, 3.8) is 0 Å². The van der Waals surface area contributed by atoms with Gasteiger partial charge in [-0.05, 0) is 44.4 Å². The summed E-state index contributed by atoms with van der Waals surface area (Å²) >= 11 is 0. The first-order chi connectivity index (χ1) is 10.7. The number of amides is 1. The molecule has 0 fully saturated rings. The van der Waals surface area contributed by atoms with Gasteiger partial charge in [-0.15, -0.1) is 0 Å². The highest BCUT2D eigenvalue weighted by Crippen LogP contribution is 2.31. The zero-order valence-corrected chi connectivity index (χ0v) is 14.1. The van der Waals surface area contributed by atoms with Gasteiger partial charge in [0.1, 0.15) is 0 Å². The van der Waals surface area contributed by atoms with Crippen molar-refractivity contribution in [2.75, 3.05) is 5.32 Å². The van der Waals surface area contributed by atoms with Crippen LogP contribution < -0.4 is 5.32 Å². The number of hydrogen-bond donors (Lipinski definition) is 2. The molecule has 1 amide bonds. The number of rotatable bonds is 7. The van der Waals surface area contributed by atoms with E-state index in [-0.39, 0.29) is 12.3 Å². The lowest BCUT2D eigenvalue weighted by Gasteiger charge is -2.25. The van der Waals surface area contributed by atoms with Gasteiger partial charge in [0.05, 0.1) is 16.9 Å². The second-order valence-corrected chi connectivity index (χ2v) is 6.33. The Morgan fingerprint density at radius 3 is 2.09 bits per heavy atom. The standard InChI is InChI=1S/C18H24N2O3/c1-5-18(6-2,16(22)23)11-15(21)20-14-9-7-13(8-10-14)17(3,4)12-19/h7-10H,5-6,11H2,1-4H3,(H,20,21)(H,22,23). The number of nitrogens with zero attached hydrogens (tertiary/aromatic N) is 1. The van der Waals surface area contributed by atoms with E-state index in [0.717, 1.165) is 5.56 Å². The Morgan fingerprint density at radius 1 is 1.17 bits per heavy atom. The summed E-state index contributed by atoms with van der Waals surface area (Å²) < 4.78 is 0. The number of benzene rings is 1. The van der Waals surface area contributed by atoms with Crippen LogP contribution >= 0.6 is 0 Å². The van der Waals surface area contributed by atoms with Gasteiger partial charge < -0.3 is 10.4 Å². The highest BCUT2D eigenvalue weighted by atomic mass is 16.4. The number of nitrogens with one attached hydrogen (secondary N) is 1. The van der Waals surface area contributed by atoms with Crippen molar-refractivity contribution >= 4 is 17.6 Å². The number of nitriles is 1. The van der Waals surface area contributed by atoms with Crippen LogP contribution in [0.4, 0.5) is 5.69 Å². The van der Waals surface area contributed by atoms with Crippen molar-refractivity contribution in [2.45, 2.75) is 52.4 Å². The van der Waals surface area contributed by atoms with Crippen LogP contribution in [0, 0.1) is 16.7 Å². The fourth-order valence-electron chi connectivity index (χ4n) is 2.43. The molecule has 124 valence electrons. The zero-order valence-electron chi connectivity index (χ0n) is 14.1. The molecule has 23 heavy (non-hydrogen) atoms. The fourth-order valence-corrected chi connectivity index (χ4v) is 2.43. The third-order valence-electron chi connectivity index (χ3n) is 4.48. The van der Waals surface area contributed by atoms with Crippen molar-refractivity contribution < 1.29 is 14.7 Å². The van der Waals surface area contributed by atoms with Crippen LogP contribution in [-0.2, 0) is 15.0 Å². The fraction of sp³-hybridized carbons (Fsp3) is 0.500. The van der Waals surface area contributed by atoms with E-state index in [1.54, 1.807) is 38.1 Å². The van der Waals surface area contributed by atoms with Gasteiger partial charge in [0, 0.05) is 12.1 Å². The Kier molecular flexibility index (Phi) is 5.91. The summed E-state index contributed by atoms with van der Waals surface area (Å²) in [7, 11) is 0. The van der Waals surface area contributed by atoms with Crippen molar-refractivity contribution in [3.05, 3.63) is 29.8 Å². The molecular formula is C18H24N2O3. The van der Waals surface area contributed by atoms with Gasteiger partial charge in [0.2, 0.25) is 5.91 Å². The molecule has 2 N–H and O–H groups in total. The predicted octanol–water partition coefficient (Wildman–Crippen LogP) is 3.71. The van der Waals surface area contributed by atoms with E-state index in [0.29, 0.717) is 18.5 Å². The first-order valence-electron chi connectivity index (χ1n) is 7.76. The maximum Gasteiger partial charge on any atom is 0.310 e. The molecular weight excluding hydrogens is 292 g/mol. The van der Waals surface area contributed by atoms with Crippen LogP contribution in [0.3, 0.4) is 0 Å². The molecule has 0 spiro atoms. The van der Waals surface area contributed by atoms with Gasteiger partial charge in [-0.25, -0.2) is 0 Å². The molecule has 0 aromatic heterocycles. The lowest BCUT2D eigenvalue weighted by Crippen LogP contribution is -2.34. The zero-order chi connectivity index (χ0) is 17.7. The molecule has 0 saturated carbocycles. The molecule has 5 nitrogen and oxygen atoms in total. The molecule has 0 saturated heterocycles. The smallest absolute Gasteiger partial charge is 0.310 e. The van der Waals surface area contributed by atoms with Gasteiger partial charge in [-0.1, -0.05) is 26.0 Å². The number of carboxylic acid groups (broad SMARTS) is 1. The summed E-state index contributed by atoms with van der Waals surface area (Å²) in [5.41, 5.74) is -0.155. The van der Waals surface area contributed by atoms with Gasteiger partial charge in [-0.2, -0.15) is 5.26 Å². The molecule has 0 aliphatic heterocycles. The Hall–Kier alpha value is -2.35. The first kappa shape index (κ1) is 18.7. The average molecular weight is 316 g/mol. The quantitative estimate of drug-likeness (QED) is 0.802. The SMILES string of the molecule is CCC(CC)(CC(=O)Nc1ccc(C(C)(C)C#N)cc1)C(=O)O. The summed E-state index contributed by atoms with van der Waals surface area (Å²) in [6, 6.07) is 9.27. The monoisotopic (exact) mass is 316 g/mol. The molecule has 0 atom stereocenters. The minimum Gasteiger partial charge on any atom is -0.481 e. The van der Waals surface area contributed by atoms with E-state index in [4.69, 9.17) is 5.26 Å². The van der Waals surface area contributed by atoms with Crippen LogP contribution in [0.1, 0.15) is 52.5 Å². The first-order valence-corrected chi connectivity index (χ1v) is 7.76. The van der Waals surface area contributed by atoms with Crippen molar-refractivity contribution in [3.8, 4) is 6.07 Å². The molecule has 0 heterocycles. The number of anilines is 1. The van der Waals surface area contributed by atoms with Gasteiger partial charge in [0.15, 0.2) is 0 Å². The Balaban J connectivity index is 2.83. The number of carboxylic acids is 1. The molecule has 0 unspecified atom stereocenters. The van der Waals surface area contributed by atoms with Crippen molar-refractivity contribution in [1.29, 1.82) is 5.26 Å². The molecule has 0 radical (unpaired) electrons. The van der Waals surface area contributed by atoms with Crippen LogP contribution in [0.5, 0.6) is 0 Å². The predicted molar refractivity (Wildman–Crippen MR) is 89.0 cm³/mol. The molecule has 0 aliphatic rings. The number of hydrogen-bond acceptors (Lipinski definition) is 3. The highest BCUT2D eigenvalue weighted by molar-refractivity contribution is 5.94. The molecule has 1 aromatic carbocycles. The van der Waals surface area contributed by atoms with E-state index in [1.165, 1.54) is 0 Å². The Bertz CT molecular complexity index is 608. The number of aliphatic carboxylic acids is 1. The van der Waals surface area contributed by atoms with E-state index in [9.17, 15) is 14.7 Å². The average Bonchev–Trinajstić information content (AvgIpc) is 2.52. The second kappa shape index (κ2) is 7.28. The number of carbonyl (C=O) groups excluding carboxylic acids is 1. The summed E-state index contributed by atoms with van der Waals surface area (Å²) in [6.45, 7) is 7.21. The minimum atomic E-state index is -1.02. The summed E-state index contributed by atoms with van der Waals surface area (Å²) in [5, 5.41) is 21.2. The Labute approximate surface area is 137 Å². The molecule has 1 rings (SSSR count). The van der Waals surface area contributed by atoms with Crippen molar-refractivity contribution in [1.82, 2.24) is 0 Å². The van der Waals surface area contributed by atoms with E-state index in [2.05, 4.69) is 11.4 Å². The van der Waals surface area contributed by atoms with E-state index < -0.39 is 16.8 Å². The van der Waals surface area contributed by atoms with Crippen LogP contribution in [0.15, 0.2) is 24.3 Å². The summed E-state index contributed by atoms with van der Waals surface area (Å²) in [6.07, 6.45) is 0.754. The molecule has 0 bridgehead atoms. The summed E-state index contributed by atoms with van der Waals surface area (Å²) in [4.78, 5) is 23.6. The van der Waals surface area contributed by atoms with E-state index >= 15 is 0 Å². The molecule has 1 aromatic rings. The van der Waals surface area contributed by atoms with Gasteiger partial charge >= 0.3 is 5.97 Å². The van der Waals surface area contributed by atoms with Crippen LogP contribution in [-0.4, -0.2) is 17.0 Å². The van der Waals surface area contributed by atoms with Gasteiger partial charge in [0.25, 0.3) is 0 Å². The molecule has 5 heteroatoms. The molecule has 0 aliphatic carbocycles. The lowest BCUT2D eigenvalue weighted by atomic mass is 9.79. The van der Waals surface area contributed by atoms with E-state index in [1.807, 2.05) is 13.8 Å². The highest BCUT2D eigenvalue weighted by Gasteiger charge is 2.37. The third-order valence-corrected chi connectivity index (χ3v) is 4.48. The normalized spacial score (nSPS) is 11.6. The maximum absolute atomic E-state index is 12.2. The lowest BCUT2D eigenvalue weighted by molar-refractivity contribution is -0.151. The Morgan fingerprint density at radius 2 is 1.70 bits per heavy atom.